The highest BCUT2D eigenvalue weighted by Crippen LogP contribution is 2.44. The van der Waals surface area contributed by atoms with E-state index in [2.05, 4.69) is 29.8 Å². The second-order valence-electron chi connectivity index (χ2n) is 21.8. The minimum atomic E-state index is -0.788. The van der Waals surface area contributed by atoms with E-state index < -0.39 is 35.3 Å². The number of anilines is 2. The van der Waals surface area contributed by atoms with Gasteiger partial charge >= 0.3 is 12.2 Å². The molecule has 0 aliphatic heterocycles. The van der Waals surface area contributed by atoms with E-state index in [-0.39, 0.29) is 80.2 Å². The van der Waals surface area contributed by atoms with E-state index >= 15 is 0 Å². The van der Waals surface area contributed by atoms with Gasteiger partial charge in [0.2, 0.25) is 0 Å². The monoisotopic (exact) mass is 1070 g/mol. The van der Waals surface area contributed by atoms with Crippen LogP contribution in [0.5, 0.6) is 0 Å². The molecule has 4 aromatic carbocycles. The van der Waals surface area contributed by atoms with Crippen molar-refractivity contribution in [3.63, 3.8) is 0 Å². The summed E-state index contributed by atoms with van der Waals surface area (Å²) in [5.41, 5.74) is 1.15. The predicted octanol–water partition coefficient (Wildman–Crippen LogP) is 17.7. The van der Waals surface area contributed by atoms with E-state index in [4.69, 9.17) is 9.47 Å². The lowest BCUT2D eigenvalue weighted by Gasteiger charge is -2.26. The van der Waals surface area contributed by atoms with Crippen LogP contribution in [0.3, 0.4) is 0 Å². The topological polar surface area (TPSA) is 157 Å². The number of nitrogens with one attached hydrogen (secondary N) is 3. The summed E-state index contributed by atoms with van der Waals surface area (Å²) in [5, 5.41) is 8.80. The maximum absolute atomic E-state index is 14.6. The lowest BCUT2D eigenvalue weighted by molar-refractivity contribution is 0.0978. The third kappa shape index (κ3) is 18.6. The summed E-state index contributed by atoms with van der Waals surface area (Å²) in [6, 6.07) is 19.2. The Kier molecular flexibility index (Phi) is 27.4. The van der Waals surface area contributed by atoms with Crippen molar-refractivity contribution < 1.29 is 38.2 Å². The zero-order valence-electron chi connectivity index (χ0n) is 47.4. The van der Waals surface area contributed by atoms with Crippen LogP contribution >= 0.6 is 0 Å². The van der Waals surface area contributed by atoms with E-state index in [0.29, 0.717) is 13.0 Å². The standard InChI is InChI=1S/C67H91N3O8/c1-3-5-7-9-11-13-15-17-19-20-21-23-25-27-29-31-37-48-77-66(75)69-56-44-42-50(58-60(56)64(73)54-40-34-32-38-52(54)62(58)71)51-43-45-57(61-59(51)63(72)53-39-33-35-41-55(53)65(61)74)70-67(76)78-49-47-68-46-36-30-28-26-24-22-18-16-14-12-10-8-6-4-2/h32-35,38-45,68H,3-31,36-37,46-49H2,1-2H3,(H,69,75)(H,70,76). The number of ketones is 4. The number of carbonyl (C=O) groups is 6. The Morgan fingerprint density at radius 1 is 0.321 bits per heavy atom. The molecular weight excluding hydrogens is 975 g/mol. The molecule has 11 heteroatoms. The summed E-state index contributed by atoms with van der Waals surface area (Å²) in [5.74, 6) is -1.95. The molecule has 2 aliphatic rings. The lowest BCUT2D eigenvalue weighted by atomic mass is 9.75. The number of rotatable bonds is 39. The Bertz CT molecular complexity index is 2390. The molecule has 0 heterocycles. The molecule has 6 rings (SSSR count). The second kappa shape index (κ2) is 34.8. The van der Waals surface area contributed by atoms with Crippen molar-refractivity contribution in [3.05, 3.63) is 117 Å². The largest absolute Gasteiger partial charge is 0.449 e. The van der Waals surface area contributed by atoms with Gasteiger partial charge < -0.3 is 14.8 Å². The van der Waals surface area contributed by atoms with Gasteiger partial charge in [0.15, 0.2) is 23.1 Å². The molecular formula is C67H91N3O8. The molecule has 2 aliphatic carbocycles. The van der Waals surface area contributed by atoms with Crippen molar-refractivity contribution in [3.8, 4) is 11.1 Å². The van der Waals surface area contributed by atoms with Gasteiger partial charge in [-0.05, 0) is 42.6 Å². The van der Waals surface area contributed by atoms with Crippen LogP contribution in [0.25, 0.3) is 11.1 Å². The van der Waals surface area contributed by atoms with Crippen LogP contribution in [-0.4, -0.2) is 61.6 Å². The maximum atomic E-state index is 14.6. The highest BCUT2D eigenvalue weighted by Gasteiger charge is 2.39. The number of hydrogen-bond acceptors (Lipinski definition) is 9. The summed E-state index contributed by atoms with van der Waals surface area (Å²) >= 11 is 0. The van der Waals surface area contributed by atoms with Crippen molar-refractivity contribution in [1.29, 1.82) is 0 Å². The molecule has 11 nitrogen and oxygen atoms in total. The Hall–Kier alpha value is -5.94. The molecule has 0 atom stereocenters. The summed E-state index contributed by atoms with van der Waals surface area (Å²) in [4.78, 5) is 84.8. The molecule has 0 saturated carbocycles. The van der Waals surface area contributed by atoms with Crippen molar-refractivity contribution >= 4 is 46.7 Å². The first-order chi connectivity index (χ1) is 38.3. The van der Waals surface area contributed by atoms with Crippen molar-refractivity contribution in [1.82, 2.24) is 5.32 Å². The molecule has 0 unspecified atom stereocenters. The van der Waals surface area contributed by atoms with Crippen molar-refractivity contribution in [2.45, 2.75) is 213 Å². The number of fused-ring (bicyclic) bond motifs is 4. The number of unbranched alkanes of at least 4 members (excludes halogenated alkanes) is 29. The molecule has 2 amide bonds. The van der Waals surface area contributed by atoms with Crippen LogP contribution in [0.1, 0.15) is 277 Å². The van der Waals surface area contributed by atoms with Crippen LogP contribution in [0.4, 0.5) is 21.0 Å². The van der Waals surface area contributed by atoms with E-state index in [0.717, 1.165) is 38.6 Å². The summed E-state index contributed by atoms with van der Waals surface area (Å²) in [6.45, 7) is 6.09. The predicted molar refractivity (Wildman–Crippen MR) is 316 cm³/mol. The maximum Gasteiger partial charge on any atom is 0.411 e. The number of ether oxygens (including phenoxy) is 2. The zero-order chi connectivity index (χ0) is 55.2. The number of hydrogen-bond donors (Lipinski definition) is 3. The van der Waals surface area contributed by atoms with E-state index in [1.54, 1.807) is 60.7 Å². The third-order valence-electron chi connectivity index (χ3n) is 15.6. The fraction of sp³-hybridized carbons (Fsp3) is 0.552. The molecule has 4 aromatic rings. The first-order valence-corrected chi connectivity index (χ1v) is 30.6. The van der Waals surface area contributed by atoms with Crippen molar-refractivity contribution in [2.24, 2.45) is 0 Å². The molecule has 0 radical (unpaired) electrons. The molecule has 0 spiro atoms. The second-order valence-corrected chi connectivity index (χ2v) is 21.8. The smallest absolute Gasteiger partial charge is 0.411 e. The van der Waals surface area contributed by atoms with Gasteiger partial charge in [-0.1, -0.05) is 261 Å². The highest BCUT2D eigenvalue weighted by atomic mass is 16.6. The number of benzene rings is 4. The van der Waals surface area contributed by atoms with Gasteiger partial charge in [-0.15, -0.1) is 0 Å². The highest BCUT2D eigenvalue weighted by molar-refractivity contribution is 6.35. The Labute approximate surface area is 466 Å². The quantitative estimate of drug-likeness (QED) is 0.0320. The van der Waals surface area contributed by atoms with Crippen LogP contribution in [0.2, 0.25) is 0 Å². The molecule has 3 N–H and O–H groups in total. The lowest BCUT2D eigenvalue weighted by Crippen LogP contribution is -2.27. The first-order valence-electron chi connectivity index (χ1n) is 30.6. The Balaban J connectivity index is 1.02. The van der Waals surface area contributed by atoms with Gasteiger partial charge in [0, 0.05) is 39.9 Å². The Morgan fingerprint density at radius 3 is 0.962 bits per heavy atom. The molecule has 78 heavy (non-hydrogen) atoms. The van der Waals surface area contributed by atoms with Gasteiger partial charge in [-0.3, -0.25) is 29.8 Å². The van der Waals surface area contributed by atoms with Crippen LogP contribution in [-0.2, 0) is 9.47 Å². The fourth-order valence-corrected chi connectivity index (χ4v) is 11.2. The van der Waals surface area contributed by atoms with Crippen molar-refractivity contribution in [2.75, 3.05) is 36.9 Å². The minimum Gasteiger partial charge on any atom is -0.449 e. The summed E-state index contributed by atoms with van der Waals surface area (Å²) in [6.07, 6.45) is 37.8. The minimum absolute atomic E-state index is 0.0207. The van der Waals surface area contributed by atoms with Gasteiger partial charge in [-0.25, -0.2) is 9.59 Å². The number of amides is 2. The van der Waals surface area contributed by atoms with E-state index in [9.17, 15) is 28.8 Å². The first kappa shape index (κ1) is 61.3. The molecule has 0 bridgehead atoms. The fourth-order valence-electron chi connectivity index (χ4n) is 11.2. The van der Waals surface area contributed by atoms with Gasteiger partial charge in [-0.2, -0.15) is 0 Å². The normalized spacial score (nSPS) is 12.5. The Morgan fingerprint density at radius 2 is 0.615 bits per heavy atom. The molecule has 422 valence electrons. The van der Waals surface area contributed by atoms with Gasteiger partial charge in [0.25, 0.3) is 0 Å². The number of carbonyl (C=O) groups excluding carboxylic acids is 6. The average Bonchev–Trinajstić information content (AvgIpc) is 3.47. The zero-order valence-corrected chi connectivity index (χ0v) is 47.4. The summed E-state index contributed by atoms with van der Waals surface area (Å²) in [7, 11) is 0. The molecule has 0 fully saturated rings. The van der Waals surface area contributed by atoms with Crippen LogP contribution < -0.4 is 16.0 Å². The van der Waals surface area contributed by atoms with E-state index in [1.807, 2.05) is 0 Å². The van der Waals surface area contributed by atoms with E-state index in [1.165, 1.54) is 173 Å². The van der Waals surface area contributed by atoms with Gasteiger partial charge in [0.1, 0.15) is 6.61 Å². The van der Waals surface area contributed by atoms with Crippen LogP contribution in [0.15, 0.2) is 72.8 Å². The molecule has 0 aromatic heterocycles. The average molecular weight is 1070 g/mol. The third-order valence-corrected chi connectivity index (χ3v) is 15.6. The van der Waals surface area contributed by atoms with Gasteiger partial charge in [0.05, 0.1) is 29.1 Å². The SMILES string of the molecule is CCCCCCCCCCCCCCCCCCCOC(=O)Nc1ccc(-c2ccc(NC(=O)OCCNCCCCCCCCCCCCCCCC)c3c2C(=O)c2ccccc2C3=O)c2c1C(=O)c1ccccc1C2=O. The molecule has 0 saturated heterocycles. The van der Waals surface area contributed by atoms with Crippen LogP contribution in [0, 0.1) is 0 Å². The summed E-state index contributed by atoms with van der Waals surface area (Å²) < 4.78 is 11.1.